The standard InChI is InChI=1S/C13H8Cl2N2O/c1-7-2-5-11-13(16-7)18-12(17-11)8-3-4-9(14)10(15)6-8/h2-6H,1H3. The Labute approximate surface area is 113 Å². The molecule has 90 valence electrons. The highest BCUT2D eigenvalue weighted by molar-refractivity contribution is 6.42. The van der Waals surface area contributed by atoms with Crippen molar-refractivity contribution in [1.82, 2.24) is 9.97 Å². The van der Waals surface area contributed by atoms with Crippen LogP contribution >= 0.6 is 23.2 Å². The first kappa shape index (κ1) is 11.5. The van der Waals surface area contributed by atoms with Crippen LogP contribution in [0, 0.1) is 6.92 Å². The molecule has 3 aromatic rings. The number of aryl methyl sites for hydroxylation is 1. The van der Waals surface area contributed by atoms with Crippen molar-refractivity contribution in [3.05, 3.63) is 46.1 Å². The summed E-state index contributed by atoms with van der Waals surface area (Å²) in [6.45, 7) is 1.90. The van der Waals surface area contributed by atoms with Gasteiger partial charge in [-0.15, -0.1) is 0 Å². The number of rotatable bonds is 1. The maximum atomic E-state index is 5.97. The topological polar surface area (TPSA) is 38.9 Å². The highest BCUT2D eigenvalue weighted by Crippen LogP contribution is 2.29. The third kappa shape index (κ3) is 1.96. The highest BCUT2D eigenvalue weighted by Gasteiger charge is 2.10. The summed E-state index contributed by atoms with van der Waals surface area (Å²) >= 11 is 11.8. The van der Waals surface area contributed by atoms with Gasteiger partial charge in [0, 0.05) is 11.3 Å². The van der Waals surface area contributed by atoms with E-state index in [4.69, 9.17) is 27.6 Å². The molecule has 1 aromatic carbocycles. The normalized spacial score (nSPS) is 11.1. The van der Waals surface area contributed by atoms with Gasteiger partial charge >= 0.3 is 0 Å². The minimum absolute atomic E-state index is 0.473. The van der Waals surface area contributed by atoms with Gasteiger partial charge in [0.25, 0.3) is 0 Å². The molecule has 0 bridgehead atoms. The number of hydrogen-bond acceptors (Lipinski definition) is 3. The Morgan fingerprint density at radius 1 is 1.00 bits per heavy atom. The van der Waals surface area contributed by atoms with Crippen molar-refractivity contribution in [1.29, 1.82) is 0 Å². The number of hydrogen-bond donors (Lipinski definition) is 0. The Morgan fingerprint density at radius 3 is 2.61 bits per heavy atom. The van der Waals surface area contributed by atoms with Crippen LogP contribution in [-0.2, 0) is 0 Å². The number of nitrogens with zero attached hydrogens (tertiary/aromatic N) is 2. The zero-order chi connectivity index (χ0) is 12.7. The summed E-state index contributed by atoms with van der Waals surface area (Å²) < 4.78 is 5.61. The van der Waals surface area contributed by atoms with Gasteiger partial charge in [0.05, 0.1) is 10.0 Å². The lowest BCUT2D eigenvalue weighted by atomic mass is 10.2. The van der Waals surface area contributed by atoms with Crippen molar-refractivity contribution in [3.63, 3.8) is 0 Å². The average Bonchev–Trinajstić information content (AvgIpc) is 2.75. The van der Waals surface area contributed by atoms with E-state index in [9.17, 15) is 0 Å². The second-order valence-corrected chi connectivity index (χ2v) is 4.74. The zero-order valence-corrected chi connectivity index (χ0v) is 11.0. The van der Waals surface area contributed by atoms with Crippen molar-refractivity contribution in [3.8, 4) is 11.5 Å². The molecule has 5 heteroatoms. The van der Waals surface area contributed by atoms with Crippen LogP contribution in [0.1, 0.15) is 5.69 Å². The highest BCUT2D eigenvalue weighted by atomic mass is 35.5. The minimum atomic E-state index is 0.473. The van der Waals surface area contributed by atoms with Crippen LogP contribution in [-0.4, -0.2) is 9.97 Å². The number of halogens is 2. The van der Waals surface area contributed by atoms with E-state index < -0.39 is 0 Å². The Bertz CT molecular complexity index is 737. The van der Waals surface area contributed by atoms with Crippen LogP contribution in [0.4, 0.5) is 0 Å². The summed E-state index contributed by atoms with van der Waals surface area (Å²) in [6.07, 6.45) is 0. The molecular formula is C13H8Cl2N2O. The molecule has 0 radical (unpaired) electrons. The Morgan fingerprint density at radius 2 is 1.83 bits per heavy atom. The van der Waals surface area contributed by atoms with Crippen molar-refractivity contribution in [2.24, 2.45) is 0 Å². The van der Waals surface area contributed by atoms with E-state index in [1.54, 1.807) is 12.1 Å². The quantitative estimate of drug-likeness (QED) is 0.658. The Kier molecular flexibility index (Phi) is 2.73. The fourth-order valence-electron chi connectivity index (χ4n) is 1.66. The summed E-state index contributed by atoms with van der Waals surface area (Å²) in [5.41, 5.74) is 2.91. The molecule has 0 aliphatic carbocycles. The fraction of sp³-hybridized carbons (Fsp3) is 0.0769. The van der Waals surface area contributed by atoms with E-state index in [2.05, 4.69) is 9.97 Å². The number of fused-ring (bicyclic) bond motifs is 1. The summed E-state index contributed by atoms with van der Waals surface area (Å²) in [6, 6.07) is 9.02. The maximum Gasteiger partial charge on any atom is 0.247 e. The summed E-state index contributed by atoms with van der Waals surface area (Å²) in [5.74, 6) is 0.488. The van der Waals surface area contributed by atoms with Crippen molar-refractivity contribution < 1.29 is 4.42 Å². The van der Waals surface area contributed by atoms with E-state index in [0.29, 0.717) is 21.6 Å². The molecule has 0 atom stereocenters. The largest absolute Gasteiger partial charge is 0.418 e. The van der Waals surface area contributed by atoms with E-state index >= 15 is 0 Å². The molecule has 3 nitrogen and oxygen atoms in total. The lowest BCUT2D eigenvalue weighted by molar-refractivity contribution is 0.607. The van der Waals surface area contributed by atoms with Gasteiger partial charge in [-0.25, -0.2) is 9.97 Å². The van der Waals surface area contributed by atoms with Crippen LogP contribution in [0.3, 0.4) is 0 Å². The van der Waals surface area contributed by atoms with Gasteiger partial charge in [-0.3, -0.25) is 0 Å². The Balaban J connectivity index is 2.16. The molecule has 0 fully saturated rings. The average molecular weight is 279 g/mol. The number of aromatic nitrogens is 2. The predicted molar refractivity (Wildman–Crippen MR) is 72.0 cm³/mol. The molecule has 0 saturated heterocycles. The lowest BCUT2D eigenvalue weighted by Gasteiger charge is -1.97. The molecule has 3 rings (SSSR count). The zero-order valence-electron chi connectivity index (χ0n) is 9.45. The van der Waals surface area contributed by atoms with E-state index in [1.807, 2.05) is 25.1 Å². The predicted octanol–water partition coefficient (Wildman–Crippen LogP) is 4.51. The third-order valence-corrected chi connectivity index (χ3v) is 3.30. The molecule has 18 heavy (non-hydrogen) atoms. The maximum absolute atomic E-state index is 5.97. The second-order valence-electron chi connectivity index (χ2n) is 3.92. The fourth-order valence-corrected chi connectivity index (χ4v) is 1.96. The van der Waals surface area contributed by atoms with Crippen molar-refractivity contribution in [2.45, 2.75) is 6.92 Å². The minimum Gasteiger partial charge on any atom is -0.418 e. The SMILES string of the molecule is Cc1ccc2nc(-c3ccc(Cl)c(Cl)c3)oc2n1. The van der Waals surface area contributed by atoms with Gasteiger partial charge in [0.1, 0.15) is 5.52 Å². The van der Waals surface area contributed by atoms with Gasteiger partial charge in [0.15, 0.2) is 0 Å². The number of pyridine rings is 1. The lowest BCUT2D eigenvalue weighted by Crippen LogP contribution is -1.78. The van der Waals surface area contributed by atoms with E-state index in [1.165, 1.54) is 0 Å². The number of oxazole rings is 1. The van der Waals surface area contributed by atoms with Gasteiger partial charge in [-0.2, -0.15) is 0 Å². The molecule has 0 amide bonds. The van der Waals surface area contributed by atoms with Gasteiger partial charge in [0.2, 0.25) is 11.6 Å². The van der Waals surface area contributed by atoms with Crippen LogP contribution in [0.5, 0.6) is 0 Å². The first-order valence-corrected chi connectivity index (χ1v) is 6.09. The smallest absolute Gasteiger partial charge is 0.247 e. The molecule has 2 aromatic heterocycles. The Hall–Kier alpha value is -1.58. The van der Waals surface area contributed by atoms with E-state index in [0.717, 1.165) is 16.8 Å². The van der Waals surface area contributed by atoms with Crippen LogP contribution in [0.2, 0.25) is 10.0 Å². The summed E-state index contributed by atoms with van der Waals surface area (Å²) in [5, 5.41) is 0.978. The number of benzene rings is 1. The van der Waals surface area contributed by atoms with Crippen LogP contribution in [0.25, 0.3) is 22.7 Å². The van der Waals surface area contributed by atoms with Gasteiger partial charge in [-0.05, 0) is 37.3 Å². The molecule has 0 aliphatic heterocycles. The van der Waals surface area contributed by atoms with Crippen LogP contribution < -0.4 is 0 Å². The second kappa shape index (κ2) is 4.26. The molecule has 0 N–H and O–H groups in total. The molecule has 2 heterocycles. The first-order chi connectivity index (χ1) is 8.63. The summed E-state index contributed by atoms with van der Waals surface area (Å²) in [4.78, 5) is 8.64. The molecule has 0 unspecified atom stereocenters. The molecule has 0 spiro atoms. The summed E-state index contributed by atoms with van der Waals surface area (Å²) in [7, 11) is 0. The third-order valence-electron chi connectivity index (χ3n) is 2.56. The molecular weight excluding hydrogens is 271 g/mol. The van der Waals surface area contributed by atoms with Crippen molar-refractivity contribution >= 4 is 34.4 Å². The molecule has 0 saturated carbocycles. The van der Waals surface area contributed by atoms with Gasteiger partial charge in [-0.1, -0.05) is 23.2 Å². The molecule has 0 aliphatic rings. The monoisotopic (exact) mass is 278 g/mol. The van der Waals surface area contributed by atoms with Crippen LogP contribution in [0.15, 0.2) is 34.7 Å². The van der Waals surface area contributed by atoms with Crippen molar-refractivity contribution in [2.75, 3.05) is 0 Å². The first-order valence-electron chi connectivity index (χ1n) is 5.33. The van der Waals surface area contributed by atoms with Gasteiger partial charge < -0.3 is 4.42 Å². The van der Waals surface area contributed by atoms with E-state index in [-0.39, 0.29) is 0 Å².